The number of rotatable bonds is 9. The maximum Gasteiger partial charge on any atom is 0.268 e. The third kappa shape index (κ3) is 7.67. The Labute approximate surface area is 195 Å². The third-order valence-corrected chi connectivity index (χ3v) is 6.21. The van der Waals surface area contributed by atoms with Crippen LogP contribution in [0.2, 0.25) is 0 Å². The summed E-state index contributed by atoms with van der Waals surface area (Å²) in [4.78, 5) is 26.5. The summed E-state index contributed by atoms with van der Waals surface area (Å²) in [5.41, 5.74) is 5.59. The first-order valence-electron chi connectivity index (χ1n) is 11.8. The monoisotopic (exact) mass is 453 g/mol. The molecule has 4 N–H and O–H groups in total. The van der Waals surface area contributed by atoms with E-state index in [4.69, 9.17) is 5.21 Å². The van der Waals surface area contributed by atoms with E-state index in [1.165, 1.54) is 62.3 Å². The summed E-state index contributed by atoms with van der Waals surface area (Å²) in [6.07, 6.45) is 5.94. The highest BCUT2D eigenvalue weighted by molar-refractivity contribution is 5.97. The third-order valence-electron chi connectivity index (χ3n) is 6.21. The van der Waals surface area contributed by atoms with Crippen LogP contribution in [0.3, 0.4) is 0 Å². The molecule has 2 aromatic carbocycles. The van der Waals surface area contributed by atoms with E-state index in [1.54, 1.807) is 12.1 Å². The van der Waals surface area contributed by atoms with Gasteiger partial charge in [-0.25, -0.2) is 5.48 Å². The fourth-order valence-corrected chi connectivity index (χ4v) is 4.17. The highest BCUT2D eigenvalue weighted by Gasteiger charge is 2.25. The van der Waals surface area contributed by atoms with E-state index >= 15 is 0 Å². The zero-order valence-electron chi connectivity index (χ0n) is 19.3. The van der Waals surface area contributed by atoms with Crippen molar-refractivity contribution in [3.05, 3.63) is 70.8 Å². The van der Waals surface area contributed by atoms with Crippen LogP contribution in [0.4, 0.5) is 0 Å². The Bertz CT molecular complexity index is 889. The van der Waals surface area contributed by atoms with Crippen LogP contribution in [0.15, 0.2) is 48.5 Å². The number of hydroxylamine groups is 1. The smallest absolute Gasteiger partial charge is 0.268 e. The molecule has 0 spiro atoms. The van der Waals surface area contributed by atoms with Crippen molar-refractivity contribution in [3.63, 3.8) is 0 Å². The largest absolute Gasteiger partial charge is 0.391 e. The summed E-state index contributed by atoms with van der Waals surface area (Å²) < 4.78 is 0. The van der Waals surface area contributed by atoms with E-state index in [9.17, 15) is 14.7 Å². The second-order valence-corrected chi connectivity index (χ2v) is 8.87. The van der Waals surface area contributed by atoms with Crippen LogP contribution >= 0.6 is 0 Å². The fraction of sp³-hybridized carbons (Fsp3) is 0.462. The lowest BCUT2D eigenvalue weighted by Gasteiger charge is -2.19. The van der Waals surface area contributed by atoms with Gasteiger partial charge in [0.05, 0.1) is 6.10 Å². The van der Waals surface area contributed by atoms with Crippen molar-refractivity contribution in [1.82, 2.24) is 15.7 Å². The molecular weight excluding hydrogens is 418 g/mol. The summed E-state index contributed by atoms with van der Waals surface area (Å²) in [5.74, 6) is -1.36. The number of aliphatic hydroxyl groups excluding tert-OH is 1. The number of hydrogen-bond donors (Lipinski definition) is 4. The van der Waals surface area contributed by atoms with Gasteiger partial charge in [0.25, 0.3) is 11.8 Å². The second kappa shape index (κ2) is 12.5. The number of hydrogen-bond acceptors (Lipinski definition) is 5. The molecule has 0 bridgehead atoms. The lowest BCUT2D eigenvalue weighted by atomic mass is 10.0. The van der Waals surface area contributed by atoms with Crippen molar-refractivity contribution < 1.29 is 19.9 Å². The number of carbonyl (C=O) groups excluding carboxylic acids is 2. The average Bonchev–Trinajstić information content (AvgIpc) is 3.10. The van der Waals surface area contributed by atoms with Crippen molar-refractivity contribution in [1.29, 1.82) is 0 Å². The molecule has 2 unspecified atom stereocenters. The van der Waals surface area contributed by atoms with Gasteiger partial charge in [-0.15, -0.1) is 0 Å². The van der Waals surface area contributed by atoms with Gasteiger partial charge in [-0.3, -0.25) is 19.7 Å². The zero-order chi connectivity index (χ0) is 23.6. The molecule has 3 rings (SSSR count). The molecule has 1 saturated heterocycles. The minimum Gasteiger partial charge on any atom is -0.391 e. The quantitative estimate of drug-likeness (QED) is 0.345. The van der Waals surface area contributed by atoms with Gasteiger partial charge in [-0.2, -0.15) is 0 Å². The topological polar surface area (TPSA) is 102 Å². The standard InChI is InChI=1S/C26H35N3O4/c1-19(30)24(26(32)28-33)27-25(31)23-14-12-21(13-15-23)7-6-20-8-10-22(11-9-20)18-29-16-4-2-3-5-17-29/h8-15,19,24,30,33H,2-7,16-18H2,1H3,(H,27,31)(H,28,32). The van der Waals surface area contributed by atoms with E-state index in [-0.39, 0.29) is 0 Å². The molecule has 7 nitrogen and oxygen atoms in total. The molecular formula is C26H35N3O4. The minimum absolute atomic E-state index is 0.382. The number of aliphatic hydroxyl groups is 1. The lowest BCUT2D eigenvalue weighted by molar-refractivity contribution is -0.133. The number of carbonyl (C=O) groups is 2. The second-order valence-electron chi connectivity index (χ2n) is 8.87. The summed E-state index contributed by atoms with van der Waals surface area (Å²) in [7, 11) is 0. The summed E-state index contributed by atoms with van der Waals surface area (Å²) in [5, 5.41) is 20.8. The molecule has 33 heavy (non-hydrogen) atoms. The van der Waals surface area contributed by atoms with E-state index in [0.717, 1.165) is 24.9 Å². The minimum atomic E-state index is -1.23. The molecule has 0 radical (unpaired) electrons. The molecule has 1 fully saturated rings. The summed E-state index contributed by atoms with van der Waals surface area (Å²) in [6.45, 7) is 4.79. The average molecular weight is 454 g/mol. The molecule has 0 aromatic heterocycles. The maximum absolute atomic E-state index is 12.4. The molecule has 1 heterocycles. The van der Waals surface area contributed by atoms with E-state index in [0.29, 0.717) is 5.56 Å². The maximum atomic E-state index is 12.4. The Kier molecular flexibility index (Phi) is 9.42. The SMILES string of the molecule is CC(O)C(NC(=O)c1ccc(CCc2ccc(CN3CCCCCC3)cc2)cc1)C(=O)NO. The van der Waals surface area contributed by atoms with Crippen molar-refractivity contribution in [2.75, 3.05) is 13.1 Å². The van der Waals surface area contributed by atoms with Gasteiger partial charge >= 0.3 is 0 Å². The molecule has 1 aliphatic rings. The first-order valence-corrected chi connectivity index (χ1v) is 11.8. The van der Waals surface area contributed by atoms with E-state index in [2.05, 4.69) is 34.5 Å². The van der Waals surface area contributed by atoms with E-state index in [1.807, 2.05) is 12.1 Å². The Morgan fingerprint density at radius 1 is 0.879 bits per heavy atom. The van der Waals surface area contributed by atoms with E-state index < -0.39 is 24.0 Å². The fourth-order valence-electron chi connectivity index (χ4n) is 4.17. The molecule has 0 aliphatic carbocycles. The Morgan fingerprint density at radius 3 is 1.91 bits per heavy atom. The number of amides is 2. The predicted octanol–water partition coefficient (Wildman–Crippen LogP) is 2.83. The van der Waals surface area contributed by atoms with Gasteiger partial charge < -0.3 is 10.4 Å². The Balaban J connectivity index is 1.49. The number of nitrogens with one attached hydrogen (secondary N) is 2. The summed E-state index contributed by atoms with van der Waals surface area (Å²) >= 11 is 0. The van der Waals surface area contributed by atoms with Gasteiger partial charge in [0, 0.05) is 12.1 Å². The number of nitrogens with zero attached hydrogens (tertiary/aromatic N) is 1. The van der Waals surface area contributed by atoms with Crippen molar-refractivity contribution >= 4 is 11.8 Å². The molecule has 0 saturated carbocycles. The highest BCUT2D eigenvalue weighted by Crippen LogP contribution is 2.15. The lowest BCUT2D eigenvalue weighted by Crippen LogP contribution is -2.51. The van der Waals surface area contributed by atoms with Gasteiger partial charge in [0.1, 0.15) is 6.04 Å². The number of aryl methyl sites for hydroxylation is 2. The van der Waals surface area contributed by atoms with Crippen molar-refractivity contribution in [2.24, 2.45) is 0 Å². The molecule has 1 aliphatic heterocycles. The first-order chi connectivity index (χ1) is 16.0. The molecule has 2 atom stereocenters. The number of likely N-dealkylation sites (tertiary alicyclic amines) is 1. The summed E-state index contributed by atoms with van der Waals surface area (Å²) in [6, 6.07) is 14.8. The first kappa shape index (κ1) is 24.9. The molecule has 2 aromatic rings. The van der Waals surface area contributed by atoms with Crippen LogP contribution in [0.1, 0.15) is 59.7 Å². The molecule has 7 heteroatoms. The van der Waals surface area contributed by atoms with Gasteiger partial charge in [-0.1, -0.05) is 49.2 Å². The Morgan fingerprint density at radius 2 is 1.39 bits per heavy atom. The van der Waals surface area contributed by atoms with Crippen LogP contribution in [0.5, 0.6) is 0 Å². The zero-order valence-corrected chi connectivity index (χ0v) is 19.3. The Hall–Kier alpha value is -2.74. The normalized spacial score (nSPS) is 16.5. The van der Waals surface area contributed by atoms with Gasteiger partial charge in [-0.05, 0) is 74.5 Å². The van der Waals surface area contributed by atoms with Crippen LogP contribution in [-0.4, -0.2) is 52.3 Å². The van der Waals surface area contributed by atoms with Crippen LogP contribution in [-0.2, 0) is 24.2 Å². The molecule has 2 amide bonds. The van der Waals surface area contributed by atoms with Crippen molar-refractivity contribution in [2.45, 2.75) is 64.1 Å². The molecule has 178 valence electrons. The van der Waals surface area contributed by atoms with Gasteiger partial charge in [0.15, 0.2) is 0 Å². The van der Waals surface area contributed by atoms with Crippen molar-refractivity contribution in [3.8, 4) is 0 Å². The van der Waals surface area contributed by atoms with Crippen LogP contribution < -0.4 is 10.8 Å². The predicted molar refractivity (Wildman–Crippen MR) is 127 cm³/mol. The van der Waals surface area contributed by atoms with Crippen LogP contribution in [0, 0.1) is 0 Å². The highest BCUT2D eigenvalue weighted by atomic mass is 16.5. The van der Waals surface area contributed by atoms with Crippen LogP contribution in [0.25, 0.3) is 0 Å². The number of benzene rings is 2. The van der Waals surface area contributed by atoms with Gasteiger partial charge in [0.2, 0.25) is 0 Å².